The number of amides is 1. The van der Waals surface area contributed by atoms with Crippen LogP contribution in [0.25, 0.3) is 11.3 Å². The minimum Gasteiger partial charge on any atom is -0.508 e. The fourth-order valence-electron chi connectivity index (χ4n) is 4.16. The Labute approximate surface area is 185 Å². The van der Waals surface area contributed by atoms with Crippen molar-refractivity contribution in [2.24, 2.45) is 0 Å². The minimum atomic E-state index is -0.327. The summed E-state index contributed by atoms with van der Waals surface area (Å²) in [4.78, 5) is 26.5. The molecule has 7 nitrogen and oxygen atoms in total. The second-order valence-corrected chi connectivity index (χ2v) is 7.92. The zero-order valence-electron chi connectivity index (χ0n) is 17.5. The van der Waals surface area contributed by atoms with Crippen LogP contribution in [0.4, 0.5) is 16.2 Å². The van der Waals surface area contributed by atoms with Gasteiger partial charge in [-0.3, -0.25) is 9.69 Å². The molecule has 0 bridgehead atoms. The molecule has 0 saturated carbocycles. The van der Waals surface area contributed by atoms with Gasteiger partial charge >= 0.3 is 0 Å². The van der Waals surface area contributed by atoms with Crippen molar-refractivity contribution in [1.29, 1.82) is 0 Å². The van der Waals surface area contributed by atoms with E-state index in [4.69, 9.17) is 14.7 Å². The largest absolute Gasteiger partial charge is 0.508 e. The van der Waals surface area contributed by atoms with Crippen LogP contribution in [0.2, 0.25) is 0 Å². The summed E-state index contributed by atoms with van der Waals surface area (Å²) in [5.74, 6) is 0.888. The topological polar surface area (TPSA) is 78.8 Å². The zero-order valence-corrected chi connectivity index (χ0v) is 17.5. The Hall–Kier alpha value is -3.52. The molecule has 5 rings (SSSR count). The highest BCUT2D eigenvalue weighted by atomic mass is 19.1. The third-order valence-electron chi connectivity index (χ3n) is 5.80. The molecule has 164 valence electrons. The van der Waals surface area contributed by atoms with Crippen molar-refractivity contribution in [3.05, 3.63) is 65.5 Å². The molecule has 2 aliphatic rings. The Morgan fingerprint density at radius 3 is 2.59 bits per heavy atom. The Morgan fingerprint density at radius 2 is 1.84 bits per heavy atom. The minimum absolute atomic E-state index is 0.0937. The maximum Gasteiger partial charge on any atom is 0.232 e. The number of anilines is 2. The number of nitrogens with zero attached hydrogens (tertiary/aromatic N) is 4. The summed E-state index contributed by atoms with van der Waals surface area (Å²) >= 11 is 0. The van der Waals surface area contributed by atoms with Gasteiger partial charge in [-0.05, 0) is 36.2 Å². The average Bonchev–Trinajstić information content (AvgIpc) is 3.25. The number of phenols is 1. The number of rotatable bonds is 4. The Morgan fingerprint density at radius 1 is 1.06 bits per heavy atom. The van der Waals surface area contributed by atoms with Gasteiger partial charge in [0.05, 0.1) is 25.3 Å². The smallest absolute Gasteiger partial charge is 0.232 e. The average molecular weight is 434 g/mol. The molecule has 0 spiro atoms. The molecule has 1 N–H and O–H groups in total. The van der Waals surface area contributed by atoms with Crippen molar-refractivity contribution in [3.63, 3.8) is 0 Å². The molecule has 3 aromatic rings. The SMILES string of the molecule is O=C(Cc1ccc(F)cc1)N1CCc2c(-c3cccc(O)c3)nc(N3CCOCC3)nc21. The van der Waals surface area contributed by atoms with Crippen LogP contribution in [0.5, 0.6) is 5.75 Å². The normalized spacial score (nSPS) is 15.7. The second kappa shape index (κ2) is 8.55. The molecule has 0 unspecified atom stereocenters. The summed E-state index contributed by atoms with van der Waals surface area (Å²) in [5, 5.41) is 10.0. The molecule has 1 amide bonds. The molecule has 1 aromatic heterocycles. The van der Waals surface area contributed by atoms with Crippen molar-refractivity contribution in [2.45, 2.75) is 12.8 Å². The van der Waals surface area contributed by atoms with Crippen LogP contribution in [-0.2, 0) is 22.4 Å². The number of hydrogen-bond donors (Lipinski definition) is 1. The van der Waals surface area contributed by atoms with E-state index in [-0.39, 0.29) is 23.9 Å². The van der Waals surface area contributed by atoms with E-state index >= 15 is 0 Å². The lowest BCUT2D eigenvalue weighted by molar-refractivity contribution is -0.117. The summed E-state index contributed by atoms with van der Waals surface area (Å²) in [7, 11) is 0. The van der Waals surface area contributed by atoms with Gasteiger partial charge in [0.15, 0.2) is 0 Å². The monoisotopic (exact) mass is 434 g/mol. The third-order valence-corrected chi connectivity index (χ3v) is 5.80. The van der Waals surface area contributed by atoms with E-state index in [1.165, 1.54) is 12.1 Å². The van der Waals surface area contributed by atoms with E-state index in [0.717, 1.165) is 22.4 Å². The zero-order chi connectivity index (χ0) is 22.1. The Bertz CT molecular complexity index is 1150. The predicted molar refractivity (Wildman–Crippen MR) is 118 cm³/mol. The number of benzene rings is 2. The number of phenolic OH excluding ortho intramolecular Hbond substituents is 1. The van der Waals surface area contributed by atoms with E-state index in [2.05, 4.69) is 4.90 Å². The number of fused-ring (bicyclic) bond motifs is 1. The first kappa shape index (κ1) is 20.4. The lowest BCUT2D eigenvalue weighted by atomic mass is 10.1. The van der Waals surface area contributed by atoms with Gasteiger partial charge in [0, 0.05) is 30.8 Å². The van der Waals surface area contributed by atoms with Crippen molar-refractivity contribution < 1.29 is 19.0 Å². The molecule has 0 atom stereocenters. The van der Waals surface area contributed by atoms with Crippen LogP contribution in [0.15, 0.2) is 48.5 Å². The summed E-state index contributed by atoms with van der Waals surface area (Å²) in [6.07, 6.45) is 0.789. The molecule has 8 heteroatoms. The first-order valence-corrected chi connectivity index (χ1v) is 10.7. The number of aromatic nitrogens is 2. The maximum absolute atomic E-state index is 13.2. The number of morpholine rings is 1. The molecule has 1 fully saturated rings. The van der Waals surface area contributed by atoms with Crippen LogP contribution < -0.4 is 9.80 Å². The molecule has 2 aliphatic heterocycles. The van der Waals surface area contributed by atoms with Gasteiger partial charge in [0.2, 0.25) is 11.9 Å². The van der Waals surface area contributed by atoms with Gasteiger partial charge in [0.1, 0.15) is 17.4 Å². The lowest BCUT2D eigenvalue weighted by Crippen LogP contribution is -2.38. The fourth-order valence-corrected chi connectivity index (χ4v) is 4.16. The lowest BCUT2D eigenvalue weighted by Gasteiger charge is -2.28. The van der Waals surface area contributed by atoms with E-state index in [1.54, 1.807) is 35.2 Å². The second-order valence-electron chi connectivity index (χ2n) is 7.92. The molecule has 32 heavy (non-hydrogen) atoms. The highest BCUT2D eigenvalue weighted by Gasteiger charge is 2.31. The van der Waals surface area contributed by atoms with Crippen LogP contribution in [0, 0.1) is 5.82 Å². The molecule has 2 aromatic carbocycles. The van der Waals surface area contributed by atoms with Gasteiger partial charge in [-0.15, -0.1) is 0 Å². The summed E-state index contributed by atoms with van der Waals surface area (Å²) in [6.45, 7) is 3.02. The Kier molecular flexibility index (Phi) is 5.45. The Balaban J connectivity index is 1.53. The first-order valence-electron chi connectivity index (χ1n) is 10.7. The van der Waals surface area contributed by atoms with E-state index in [0.29, 0.717) is 51.0 Å². The molecule has 3 heterocycles. The summed E-state index contributed by atoms with van der Waals surface area (Å²) in [6, 6.07) is 12.9. The fraction of sp³-hybridized carbons (Fsp3) is 0.292. The van der Waals surface area contributed by atoms with Crippen molar-refractivity contribution in [1.82, 2.24) is 9.97 Å². The maximum atomic E-state index is 13.2. The number of aromatic hydroxyl groups is 1. The molecule has 1 saturated heterocycles. The summed E-state index contributed by atoms with van der Waals surface area (Å²) < 4.78 is 18.7. The van der Waals surface area contributed by atoms with Gasteiger partial charge in [-0.1, -0.05) is 24.3 Å². The first-order chi connectivity index (χ1) is 15.6. The van der Waals surface area contributed by atoms with Crippen molar-refractivity contribution in [3.8, 4) is 17.0 Å². The number of halogens is 1. The number of hydrogen-bond acceptors (Lipinski definition) is 6. The molecular weight excluding hydrogens is 411 g/mol. The molecular formula is C24H23FN4O3. The van der Waals surface area contributed by atoms with E-state index < -0.39 is 0 Å². The third kappa shape index (κ3) is 4.01. The predicted octanol–water partition coefficient (Wildman–Crippen LogP) is 2.96. The van der Waals surface area contributed by atoms with Gasteiger partial charge < -0.3 is 14.7 Å². The molecule has 0 aliphatic carbocycles. The van der Waals surface area contributed by atoms with Gasteiger partial charge in [0.25, 0.3) is 0 Å². The number of ether oxygens (including phenoxy) is 1. The highest BCUT2D eigenvalue weighted by molar-refractivity contribution is 5.97. The van der Waals surface area contributed by atoms with Crippen LogP contribution >= 0.6 is 0 Å². The highest BCUT2D eigenvalue weighted by Crippen LogP contribution is 2.36. The van der Waals surface area contributed by atoms with Crippen LogP contribution in [0.1, 0.15) is 11.1 Å². The number of carbonyl (C=O) groups excluding carboxylic acids is 1. The quantitative estimate of drug-likeness (QED) is 0.680. The van der Waals surface area contributed by atoms with E-state index in [1.807, 2.05) is 6.07 Å². The molecule has 0 radical (unpaired) electrons. The summed E-state index contributed by atoms with van der Waals surface area (Å²) in [5.41, 5.74) is 3.15. The number of carbonyl (C=O) groups is 1. The van der Waals surface area contributed by atoms with Gasteiger partial charge in [-0.2, -0.15) is 4.98 Å². The van der Waals surface area contributed by atoms with Crippen molar-refractivity contribution >= 4 is 17.7 Å². The van der Waals surface area contributed by atoms with E-state index in [9.17, 15) is 14.3 Å². The van der Waals surface area contributed by atoms with Gasteiger partial charge in [-0.25, -0.2) is 9.37 Å². The van der Waals surface area contributed by atoms with Crippen molar-refractivity contribution in [2.75, 3.05) is 42.6 Å². The van der Waals surface area contributed by atoms with Crippen LogP contribution in [-0.4, -0.2) is 53.8 Å². The standard InChI is InChI=1S/C24H23FN4O3/c25-18-6-4-16(5-7-18)14-21(31)29-9-8-20-22(17-2-1-3-19(30)15-17)26-24(27-23(20)29)28-10-12-32-13-11-28/h1-7,15,30H,8-14H2. The van der Waals surface area contributed by atoms with Crippen LogP contribution in [0.3, 0.4) is 0 Å².